The lowest BCUT2D eigenvalue weighted by Gasteiger charge is -2.31. The van der Waals surface area contributed by atoms with Crippen molar-refractivity contribution in [1.29, 1.82) is 0 Å². The van der Waals surface area contributed by atoms with Gasteiger partial charge < -0.3 is 10.0 Å². The summed E-state index contributed by atoms with van der Waals surface area (Å²) in [6, 6.07) is 7.19. The highest BCUT2D eigenvalue weighted by Gasteiger charge is 2.28. The van der Waals surface area contributed by atoms with Gasteiger partial charge in [0.25, 0.3) is 0 Å². The van der Waals surface area contributed by atoms with Crippen molar-refractivity contribution in [3.8, 4) is 0 Å². The van der Waals surface area contributed by atoms with Gasteiger partial charge in [-0.1, -0.05) is 23.7 Å². The molecule has 1 amide bonds. The number of aliphatic carboxylic acids is 1. The van der Waals surface area contributed by atoms with Crippen LogP contribution in [0.25, 0.3) is 0 Å². The molecule has 1 aromatic carbocycles. The fourth-order valence-corrected chi connectivity index (χ4v) is 2.48. The molecule has 1 aliphatic rings. The van der Waals surface area contributed by atoms with Crippen molar-refractivity contribution >= 4 is 29.2 Å². The van der Waals surface area contributed by atoms with Gasteiger partial charge in [-0.25, -0.2) is 0 Å². The highest BCUT2D eigenvalue weighted by Crippen LogP contribution is 2.30. The van der Waals surface area contributed by atoms with E-state index in [2.05, 4.69) is 0 Å². The van der Waals surface area contributed by atoms with Crippen LogP contribution in [0.5, 0.6) is 0 Å². The quantitative estimate of drug-likeness (QED) is 0.916. The van der Waals surface area contributed by atoms with Crippen molar-refractivity contribution in [2.75, 3.05) is 11.4 Å². The van der Waals surface area contributed by atoms with E-state index in [4.69, 9.17) is 16.7 Å². The smallest absolute Gasteiger partial charge is 0.303 e. The molecule has 1 unspecified atom stereocenters. The summed E-state index contributed by atoms with van der Waals surface area (Å²) >= 11 is 6.06. The number of halogens is 1. The van der Waals surface area contributed by atoms with Crippen LogP contribution in [-0.2, 0) is 9.59 Å². The molecule has 5 heteroatoms. The summed E-state index contributed by atoms with van der Waals surface area (Å²) in [6.45, 7) is 0.528. The summed E-state index contributed by atoms with van der Waals surface area (Å²) in [5.41, 5.74) is 0.706. The highest BCUT2D eigenvalue weighted by molar-refractivity contribution is 6.33. The number of nitrogens with zero attached hydrogens (tertiary/aromatic N) is 1. The van der Waals surface area contributed by atoms with Crippen molar-refractivity contribution in [3.05, 3.63) is 29.3 Å². The highest BCUT2D eigenvalue weighted by atomic mass is 35.5. The molecule has 0 radical (unpaired) electrons. The lowest BCUT2D eigenvalue weighted by Crippen LogP contribution is -2.39. The van der Waals surface area contributed by atoms with Gasteiger partial charge in [0.1, 0.15) is 0 Å². The van der Waals surface area contributed by atoms with Crippen LogP contribution in [-0.4, -0.2) is 23.5 Å². The minimum Gasteiger partial charge on any atom is -0.481 e. The predicted molar refractivity (Wildman–Crippen MR) is 68.8 cm³/mol. The lowest BCUT2D eigenvalue weighted by atomic mass is 9.93. The maximum absolute atomic E-state index is 12.0. The van der Waals surface area contributed by atoms with E-state index in [0.29, 0.717) is 23.7 Å². The Morgan fingerprint density at radius 2 is 2.17 bits per heavy atom. The van der Waals surface area contributed by atoms with Crippen LogP contribution < -0.4 is 4.90 Å². The molecule has 1 fully saturated rings. The Bertz CT molecular complexity index is 475. The number of carbonyl (C=O) groups excluding carboxylic acids is 1. The predicted octanol–water partition coefficient (Wildman–Crippen LogP) is 2.56. The molecular weight excluding hydrogens is 254 g/mol. The molecule has 1 atom stereocenters. The Morgan fingerprint density at radius 3 is 2.78 bits per heavy atom. The Morgan fingerprint density at radius 1 is 1.44 bits per heavy atom. The number of carbonyl (C=O) groups is 2. The van der Waals surface area contributed by atoms with Crippen molar-refractivity contribution in [2.24, 2.45) is 5.92 Å². The van der Waals surface area contributed by atoms with Gasteiger partial charge in [-0.2, -0.15) is 0 Å². The third-order valence-electron chi connectivity index (χ3n) is 3.13. The van der Waals surface area contributed by atoms with Gasteiger partial charge in [0.15, 0.2) is 0 Å². The molecule has 1 aromatic rings. The first-order valence-corrected chi connectivity index (χ1v) is 6.22. The van der Waals surface area contributed by atoms with Crippen LogP contribution in [0.2, 0.25) is 5.02 Å². The summed E-state index contributed by atoms with van der Waals surface area (Å²) in [5, 5.41) is 9.28. The van der Waals surface area contributed by atoms with Crippen molar-refractivity contribution in [1.82, 2.24) is 0 Å². The standard InChI is InChI=1S/C13H14ClNO3/c14-10-3-1-2-4-11(10)15-6-5-9(7-12(15)16)8-13(17)18/h1-4,9H,5-8H2,(H,17,18). The second-order valence-corrected chi connectivity index (χ2v) is 4.86. The molecule has 0 aliphatic carbocycles. The third-order valence-corrected chi connectivity index (χ3v) is 3.45. The van der Waals surface area contributed by atoms with Crippen LogP contribution in [0.3, 0.4) is 0 Å². The van der Waals surface area contributed by atoms with Crippen LogP contribution in [0, 0.1) is 5.92 Å². The Kier molecular flexibility index (Phi) is 3.87. The first-order chi connectivity index (χ1) is 8.58. The Balaban J connectivity index is 2.08. The van der Waals surface area contributed by atoms with E-state index >= 15 is 0 Å². The zero-order chi connectivity index (χ0) is 13.1. The lowest BCUT2D eigenvalue weighted by molar-refractivity contribution is -0.138. The van der Waals surface area contributed by atoms with Gasteiger partial charge in [0, 0.05) is 19.4 Å². The summed E-state index contributed by atoms with van der Waals surface area (Å²) in [4.78, 5) is 24.3. The number of carboxylic acids is 1. The summed E-state index contributed by atoms with van der Waals surface area (Å²) in [5.74, 6) is -0.965. The topological polar surface area (TPSA) is 57.6 Å². The number of benzene rings is 1. The van der Waals surface area contributed by atoms with Gasteiger partial charge in [-0.3, -0.25) is 9.59 Å². The molecule has 2 rings (SSSR count). The molecule has 18 heavy (non-hydrogen) atoms. The first kappa shape index (κ1) is 12.9. The van der Waals surface area contributed by atoms with E-state index in [1.165, 1.54) is 0 Å². The zero-order valence-electron chi connectivity index (χ0n) is 9.80. The molecule has 1 saturated heterocycles. The normalized spacial score (nSPS) is 19.9. The van der Waals surface area contributed by atoms with Gasteiger partial charge in [-0.15, -0.1) is 0 Å². The number of hydrogen-bond acceptors (Lipinski definition) is 2. The average Bonchev–Trinajstić information content (AvgIpc) is 2.30. The molecule has 1 heterocycles. The number of rotatable bonds is 3. The van der Waals surface area contributed by atoms with Crippen molar-refractivity contribution < 1.29 is 14.7 Å². The number of anilines is 1. The summed E-state index contributed by atoms with van der Waals surface area (Å²) in [7, 11) is 0. The first-order valence-electron chi connectivity index (χ1n) is 5.84. The van der Waals surface area contributed by atoms with Crippen LogP contribution in [0.15, 0.2) is 24.3 Å². The van der Waals surface area contributed by atoms with E-state index in [-0.39, 0.29) is 24.7 Å². The fraction of sp³-hybridized carbons (Fsp3) is 0.385. The van der Waals surface area contributed by atoms with Crippen LogP contribution in [0.4, 0.5) is 5.69 Å². The van der Waals surface area contributed by atoms with E-state index in [1.807, 2.05) is 12.1 Å². The van der Waals surface area contributed by atoms with Crippen molar-refractivity contribution in [2.45, 2.75) is 19.3 Å². The van der Waals surface area contributed by atoms with Crippen molar-refractivity contribution in [3.63, 3.8) is 0 Å². The molecule has 96 valence electrons. The molecule has 0 saturated carbocycles. The average molecular weight is 268 g/mol. The minimum atomic E-state index is -0.848. The number of hydrogen-bond donors (Lipinski definition) is 1. The van der Waals surface area contributed by atoms with E-state index in [9.17, 15) is 9.59 Å². The SMILES string of the molecule is O=C(O)CC1CCN(c2ccccc2Cl)C(=O)C1. The van der Waals surface area contributed by atoms with Gasteiger partial charge >= 0.3 is 5.97 Å². The van der Waals surface area contributed by atoms with Crippen LogP contribution >= 0.6 is 11.6 Å². The molecule has 1 aliphatic heterocycles. The summed E-state index contributed by atoms with van der Waals surface area (Å²) < 4.78 is 0. The molecule has 4 nitrogen and oxygen atoms in total. The third kappa shape index (κ3) is 2.82. The summed E-state index contributed by atoms with van der Waals surface area (Å²) in [6.07, 6.45) is 1.03. The van der Waals surface area contributed by atoms with Gasteiger partial charge in [0.05, 0.1) is 10.7 Å². The number of para-hydroxylation sites is 1. The second kappa shape index (κ2) is 5.40. The van der Waals surface area contributed by atoms with E-state index in [1.54, 1.807) is 17.0 Å². The molecule has 0 aromatic heterocycles. The number of piperidine rings is 1. The molecule has 0 spiro atoms. The van der Waals surface area contributed by atoms with E-state index < -0.39 is 5.97 Å². The van der Waals surface area contributed by atoms with Crippen LogP contribution in [0.1, 0.15) is 19.3 Å². The Labute approximate surface area is 110 Å². The monoisotopic (exact) mass is 267 g/mol. The maximum atomic E-state index is 12.0. The van der Waals surface area contributed by atoms with E-state index in [0.717, 1.165) is 0 Å². The van der Waals surface area contributed by atoms with Gasteiger partial charge in [0.2, 0.25) is 5.91 Å². The molecule has 0 bridgehead atoms. The second-order valence-electron chi connectivity index (χ2n) is 4.45. The fourth-order valence-electron chi connectivity index (χ4n) is 2.24. The zero-order valence-corrected chi connectivity index (χ0v) is 10.6. The number of amides is 1. The maximum Gasteiger partial charge on any atom is 0.303 e. The molecular formula is C13H14ClNO3. The number of carboxylic acid groups (broad SMARTS) is 1. The van der Waals surface area contributed by atoms with Gasteiger partial charge in [-0.05, 0) is 24.5 Å². The minimum absolute atomic E-state index is 0.0550. The molecule has 1 N–H and O–H groups in total. The largest absolute Gasteiger partial charge is 0.481 e. The Hall–Kier alpha value is -1.55.